The molecule has 0 aliphatic heterocycles. The van der Waals surface area contributed by atoms with Crippen molar-refractivity contribution in [2.24, 2.45) is 0 Å². The second-order valence-electron chi connectivity index (χ2n) is 3.75. The molecule has 96 valence electrons. The fourth-order valence-corrected chi connectivity index (χ4v) is 1.74. The van der Waals surface area contributed by atoms with Gasteiger partial charge in [0.15, 0.2) is 5.82 Å². The molecule has 0 atom stereocenters. The van der Waals surface area contributed by atoms with Crippen LogP contribution < -0.4 is 0 Å². The van der Waals surface area contributed by atoms with Gasteiger partial charge in [-0.15, -0.1) is 0 Å². The van der Waals surface area contributed by atoms with Crippen LogP contribution in [0.1, 0.15) is 5.56 Å². The Bertz CT molecular complexity index is 792. The van der Waals surface area contributed by atoms with Crippen LogP contribution in [0.5, 0.6) is 0 Å². The van der Waals surface area contributed by atoms with E-state index in [0.29, 0.717) is 22.9 Å². The first-order valence-corrected chi connectivity index (χ1v) is 5.91. The summed E-state index contributed by atoms with van der Waals surface area (Å²) in [5.41, 5.74) is 1.00. The highest BCUT2D eigenvalue weighted by atomic mass is 35.5. The molecule has 3 aromatic rings. The molecule has 0 amide bonds. The predicted molar refractivity (Wildman–Crippen MR) is 69.9 cm³/mol. The number of rotatable bonds is 2. The molecule has 0 N–H and O–H groups in total. The highest BCUT2D eigenvalue weighted by Crippen LogP contribution is 2.17. The number of halogens is 1. The first-order valence-electron chi connectivity index (χ1n) is 5.53. The number of aromatic nitrogens is 6. The van der Waals surface area contributed by atoms with Gasteiger partial charge in [-0.1, -0.05) is 0 Å². The third kappa shape index (κ3) is 2.32. The fraction of sp³-hybridized carbons (Fsp3) is 0. The van der Waals surface area contributed by atoms with Crippen molar-refractivity contribution in [2.45, 2.75) is 0 Å². The number of hydrogen-bond donors (Lipinski definition) is 0. The van der Waals surface area contributed by atoms with E-state index in [1.54, 1.807) is 30.7 Å². The highest BCUT2D eigenvalue weighted by Gasteiger charge is 2.10. The Balaban J connectivity index is 2.12. The number of hydrogen-bond acceptors (Lipinski definition) is 6. The van der Waals surface area contributed by atoms with E-state index in [9.17, 15) is 0 Å². The third-order valence-electron chi connectivity index (χ3n) is 2.43. The molecule has 0 unspecified atom stereocenters. The lowest BCUT2D eigenvalue weighted by molar-refractivity contribution is 0.797. The van der Waals surface area contributed by atoms with Gasteiger partial charge < -0.3 is 0 Å². The topological polar surface area (TPSA) is 93.2 Å². The Morgan fingerprint density at radius 3 is 2.85 bits per heavy atom. The summed E-state index contributed by atoms with van der Waals surface area (Å²) >= 11 is 5.90. The van der Waals surface area contributed by atoms with Crippen molar-refractivity contribution in [1.29, 1.82) is 5.26 Å². The first-order chi connectivity index (χ1) is 9.76. The molecule has 0 bridgehead atoms. The van der Waals surface area contributed by atoms with E-state index in [2.05, 4.69) is 25.0 Å². The largest absolute Gasteiger partial charge is 0.263 e. The summed E-state index contributed by atoms with van der Waals surface area (Å²) < 4.78 is 1.47. The van der Waals surface area contributed by atoms with Crippen LogP contribution >= 0.6 is 11.6 Å². The summed E-state index contributed by atoms with van der Waals surface area (Å²) in [6.45, 7) is 0. The molecule has 3 rings (SSSR count). The van der Waals surface area contributed by atoms with Gasteiger partial charge in [0.1, 0.15) is 6.07 Å². The standard InChI is InChI=1S/C12H6ClN7/c13-11-17-10(9-4-8(5-14)6-15-7-9)18-12(19-11)20-3-1-2-16-20/h1-4,6-7H. The molecule has 0 radical (unpaired) electrons. The maximum absolute atomic E-state index is 8.89. The smallest absolute Gasteiger partial charge is 0.255 e. The molecule has 0 spiro atoms. The van der Waals surface area contributed by atoms with Crippen molar-refractivity contribution in [1.82, 2.24) is 29.7 Å². The Labute approximate surface area is 118 Å². The monoisotopic (exact) mass is 283 g/mol. The highest BCUT2D eigenvalue weighted by molar-refractivity contribution is 6.28. The summed E-state index contributed by atoms with van der Waals surface area (Å²) in [5.74, 6) is 0.632. The molecule has 0 aromatic carbocycles. The van der Waals surface area contributed by atoms with Gasteiger partial charge >= 0.3 is 0 Å². The van der Waals surface area contributed by atoms with Crippen LogP contribution in [0.25, 0.3) is 17.3 Å². The van der Waals surface area contributed by atoms with Crippen LogP contribution in [0.2, 0.25) is 5.28 Å². The minimum Gasteiger partial charge on any atom is -0.263 e. The molecule has 20 heavy (non-hydrogen) atoms. The molecular weight excluding hydrogens is 278 g/mol. The summed E-state index contributed by atoms with van der Waals surface area (Å²) in [6.07, 6.45) is 6.31. The second kappa shape index (κ2) is 5.03. The maximum Gasteiger partial charge on any atom is 0.255 e. The Kier molecular flexibility index (Phi) is 3.07. The zero-order valence-electron chi connectivity index (χ0n) is 9.97. The van der Waals surface area contributed by atoms with E-state index >= 15 is 0 Å². The molecule has 3 heterocycles. The number of pyridine rings is 1. The molecule has 0 aliphatic carbocycles. The molecule has 0 fully saturated rings. The van der Waals surface area contributed by atoms with E-state index in [1.807, 2.05) is 6.07 Å². The van der Waals surface area contributed by atoms with E-state index in [-0.39, 0.29) is 5.28 Å². The van der Waals surface area contributed by atoms with E-state index in [0.717, 1.165) is 0 Å². The van der Waals surface area contributed by atoms with E-state index in [1.165, 1.54) is 10.9 Å². The van der Waals surface area contributed by atoms with Crippen LogP contribution in [0.3, 0.4) is 0 Å². The Morgan fingerprint density at radius 2 is 2.10 bits per heavy atom. The molecule has 3 aromatic heterocycles. The lowest BCUT2D eigenvalue weighted by Crippen LogP contribution is -2.05. The normalized spacial score (nSPS) is 10.2. The molecule has 0 aliphatic rings. The van der Waals surface area contributed by atoms with Crippen molar-refractivity contribution in [3.63, 3.8) is 0 Å². The summed E-state index contributed by atoms with van der Waals surface area (Å²) in [4.78, 5) is 16.3. The fourth-order valence-electron chi connectivity index (χ4n) is 1.58. The van der Waals surface area contributed by atoms with Crippen molar-refractivity contribution in [3.8, 4) is 23.4 Å². The zero-order valence-corrected chi connectivity index (χ0v) is 10.7. The molecular formula is C12H6ClN7. The van der Waals surface area contributed by atoms with E-state index < -0.39 is 0 Å². The van der Waals surface area contributed by atoms with Gasteiger partial charge in [-0.05, 0) is 23.7 Å². The summed E-state index contributed by atoms with van der Waals surface area (Å²) in [7, 11) is 0. The number of nitriles is 1. The van der Waals surface area contributed by atoms with Gasteiger partial charge in [0, 0.05) is 30.4 Å². The van der Waals surface area contributed by atoms with Crippen LogP contribution in [-0.4, -0.2) is 29.7 Å². The van der Waals surface area contributed by atoms with Crippen molar-refractivity contribution in [3.05, 3.63) is 47.8 Å². The quantitative estimate of drug-likeness (QED) is 0.710. The van der Waals surface area contributed by atoms with Gasteiger partial charge in [0.2, 0.25) is 5.28 Å². The summed E-state index contributed by atoms with van der Waals surface area (Å²) in [6, 6.07) is 5.39. The van der Waals surface area contributed by atoms with Gasteiger partial charge in [-0.25, -0.2) is 4.68 Å². The average molecular weight is 284 g/mol. The second-order valence-corrected chi connectivity index (χ2v) is 4.09. The third-order valence-corrected chi connectivity index (χ3v) is 2.60. The lowest BCUT2D eigenvalue weighted by Gasteiger charge is -2.04. The number of nitrogens with zero attached hydrogens (tertiary/aromatic N) is 7. The van der Waals surface area contributed by atoms with E-state index in [4.69, 9.17) is 16.9 Å². The first kappa shape index (κ1) is 12.2. The van der Waals surface area contributed by atoms with Gasteiger partial charge in [-0.2, -0.15) is 25.3 Å². The minimum atomic E-state index is 0.0443. The van der Waals surface area contributed by atoms with Crippen molar-refractivity contribution < 1.29 is 0 Å². The molecule has 0 saturated heterocycles. The van der Waals surface area contributed by atoms with Gasteiger partial charge in [0.25, 0.3) is 5.95 Å². The zero-order chi connectivity index (χ0) is 13.9. The van der Waals surface area contributed by atoms with Crippen LogP contribution in [0.4, 0.5) is 0 Å². The SMILES string of the molecule is N#Cc1cncc(-c2nc(Cl)nc(-n3cccn3)n2)c1. The molecule has 0 saturated carbocycles. The van der Waals surface area contributed by atoms with Crippen molar-refractivity contribution in [2.75, 3.05) is 0 Å². The van der Waals surface area contributed by atoms with Gasteiger partial charge in [0.05, 0.1) is 5.56 Å². The Hall–Kier alpha value is -2.85. The molecule has 7 nitrogen and oxygen atoms in total. The van der Waals surface area contributed by atoms with Crippen LogP contribution in [-0.2, 0) is 0 Å². The average Bonchev–Trinajstić information content (AvgIpc) is 3.01. The lowest BCUT2D eigenvalue weighted by atomic mass is 10.2. The predicted octanol–water partition coefficient (Wildman–Crippen LogP) is 1.64. The van der Waals surface area contributed by atoms with Gasteiger partial charge in [-0.3, -0.25) is 4.98 Å². The van der Waals surface area contributed by atoms with Crippen LogP contribution in [0.15, 0.2) is 36.9 Å². The van der Waals surface area contributed by atoms with Crippen molar-refractivity contribution >= 4 is 11.6 Å². The Morgan fingerprint density at radius 1 is 1.20 bits per heavy atom. The summed E-state index contributed by atoms with van der Waals surface area (Å²) in [5, 5.41) is 13.0. The minimum absolute atomic E-state index is 0.0443. The maximum atomic E-state index is 8.89. The van der Waals surface area contributed by atoms with Crippen LogP contribution in [0, 0.1) is 11.3 Å². The molecule has 8 heteroatoms.